The van der Waals surface area contributed by atoms with E-state index in [0.29, 0.717) is 6.42 Å². The number of unbranched alkanes of at least 4 members (excludes halogenated alkanes) is 1. The molecule has 71 valence electrons. The Labute approximate surface area is 78.5 Å². The van der Waals surface area contributed by atoms with E-state index in [1.165, 1.54) is 0 Å². The third-order valence-electron chi connectivity index (χ3n) is 1.84. The predicted octanol–water partition coefficient (Wildman–Crippen LogP) is 3.00. The summed E-state index contributed by atoms with van der Waals surface area (Å²) in [7, 11) is 1.64. The molecule has 0 aliphatic carbocycles. The van der Waals surface area contributed by atoms with Crippen molar-refractivity contribution in [2.45, 2.75) is 12.8 Å². The molecule has 0 saturated heterocycles. The van der Waals surface area contributed by atoms with Gasteiger partial charge in [0.15, 0.2) is 0 Å². The monoisotopic (exact) mass is 181 g/mol. The summed E-state index contributed by atoms with van der Waals surface area (Å²) < 4.78 is 17.0. The second-order valence-corrected chi connectivity index (χ2v) is 2.78. The Bertz CT molecular complexity index is 248. The van der Waals surface area contributed by atoms with Crippen LogP contribution in [0.1, 0.15) is 18.4 Å². The molecule has 1 aromatic rings. The number of hydrogen-bond acceptors (Lipinski definition) is 1. The molecule has 1 nitrogen and oxygen atoms in total. The Kier molecular flexibility index (Phi) is 4.30. The highest BCUT2D eigenvalue weighted by Crippen LogP contribution is 2.20. The maximum absolute atomic E-state index is 11.8. The fraction of sp³-hybridized carbons (Fsp3) is 0.364. The van der Waals surface area contributed by atoms with Crippen LogP contribution in [-0.4, -0.2) is 13.8 Å². The van der Waals surface area contributed by atoms with Gasteiger partial charge in [-0.25, -0.2) is 0 Å². The molecule has 0 N–H and O–H groups in total. The van der Waals surface area contributed by atoms with Gasteiger partial charge >= 0.3 is 0 Å². The number of rotatable bonds is 5. The van der Waals surface area contributed by atoms with Gasteiger partial charge < -0.3 is 4.74 Å². The SMILES string of the molecule is COc1ccccc1[CH]CCCF. The van der Waals surface area contributed by atoms with Crippen molar-refractivity contribution in [2.75, 3.05) is 13.8 Å². The maximum Gasteiger partial charge on any atom is 0.122 e. The van der Waals surface area contributed by atoms with E-state index in [1.54, 1.807) is 7.11 Å². The fourth-order valence-electron chi connectivity index (χ4n) is 1.17. The second-order valence-electron chi connectivity index (χ2n) is 2.78. The molecule has 0 aliphatic rings. The molecule has 0 saturated carbocycles. The van der Waals surface area contributed by atoms with E-state index in [-0.39, 0.29) is 6.67 Å². The van der Waals surface area contributed by atoms with E-state index >= 15 is 0 Å². The summed E-state index contributed by atoms with van der Waals surface area (Å²) in [5.74, 6) is 0.848. The predicted molar refractivity (Wildman–Crippen MR) is 51.6 cm³/mol. The molecule has 0 fully saturated rings. The highest BCUT2D eigenvalue weighted by Gasteiger charge is 2.00. The zero-order valence-corrected chi connectivity index (χ0v) is 7.79. The minimum atomic E-state index is -0.258. The van der Waals surface area contributed by atoms with Gasteiger partial charge in [0.2, 0.25) is 0 Å². The van der Waals surface area contributed by atoms with Gasteiger partial charge in [0.25, 0.3) is 0 Å². The van der Waals surface area contributed by atoms with Crippen molar-refractivity contribution < 1.29 is 9.13 Å². The van der Waals surface area contributed by atoms with E-state index in [9.17, 15) is 4.39 Å². The van der Waals surface area contributed by atoms with Crippen LogP contribution in [-0.2, 0) is 0 Å². The zero-order valence-electron chi connectivity index (χ0n) is 7.79. The zero-order chi connectivity index (χ0) is 9.52. The molecule has 2 heteroatoms. The Morgan fingerprint density at radius 1 is 1.38 bits per heavy atom. The van der Waals surface area contributed by atoms with Crippen LogP contribution in [0.5, 0.6) is 5.75 Å². The number of ether oxygens (including phenoxy) is 1. The smallest absolute Gasteiger partial charge is 0.122 e. The summed E-state index contributed by atoms with van der Waals surface area (Å²) in [6, 6.07) is 7.74. The van der Waals surface area contributed by atoms with Crippen LogP contribution < -0.4 is 4.74 Å². The number of benzene rings is 1. The molecule has 1 rings (SSSR count). The lowest BCUT2D eigenvalue weighted by Crippen LogP contribution is -1.90. The van der Waals surface area contributed by atoms with Gasteiger partial charge in [-0.15, -0.1) is 0 Å². The van der Waals surface area contributed by atoms with E-state index < -0.39 is 0 Å². The largest absolute Gasteiger partial charge is 0.496 e. The van der Waals surface area contributed by atoms with Crippen LogP contribution in [0, 0.1) is 6.42 Å². The van der Waals surface area contributed by atoms with Gasteiger partial charge in [0.05, 0.1) is 13.8 Å². The van der Waals surface area contributed by atoms with Crippen LogP contribution in [0.15, 0.2) is 24.3 Å². The number of hydrogen-bond donors (Lipinski definition) is 0. The highest BCUT2D eigenvalue weighted by atomic mass is 19.1. The first-order valence-electron chi connectivity index (χ1n) is 4.40. The van der Waals surface area contributed by atoms with Gasteiger partial charge in [-0.05, 0) is 30.9 Å². The lowest BCUT2D eigenvalue weighted by Gasteiger charge is -2.06. The quantitative estimate of drug-likeness (QED) is 0.634. The molecule has 0 spiro atoms. The first kappa shape index (κ1) is 10.0. The molecule has 0 amide bonds. The van der Waals surface area contributed by atoms with Crippen LogP contribution in [0.3, 0.4) is 0 Å². The molecule has 13 heavy (non-hydrogen) atoms. The number of halogens is 1. The van der Waals surface area contributed by atoms with Gasteiger partial charge in [-0.1, -0.05) is 18.2 Å². The van der Waals surface area contributed by atoms with Crippen molar-refractivity contribution in [2.24, 2.45) is 0 Å². The average Bonchev–Trinajstić information content (AvgIpc) is 2.19. The Hall–Kier alpha value is -1.05. The van der Waals surface area contributed by atoms with Crippen molar-refractivity contribution in [1.82, 2.24) is 0 Å². The molecule has 0 atom stereocenters. The van der Waals surface area contributed by atoms with Crippen molar-refractivity contribution in [3.8, 4) is 5.75 Å². The molecule has 0 aromatic heterocycles. The summed E-state index contributed by atoms with van der Waals surface area (Å²) in [5.41, 5.74) is 1.04. The molecule has 0 bridgehead atoms. The first-order valence-corrected chi connectivity index (χ1v) is 4.40. The standard InChI is InChI=1S/C11H14FO/c1-13-11-8-3-2-6-10(11)7-4-5-9-12/h2-3,6-8H,4-5,9H2,1H3. The molecular weight excluding hydrogens is 167 g/mol. The van der Waals surface area contributed by atoms with E-state index in [2.05, 4.69) is 0 Å². The van der Waals surface area contributed by atoms with Crippen molar-refractivity contribution in [3.63, 3.8) is 0 Å². The van der Waals surface area contributed by atoms with Crippen molar-refractivity contribution in [1.29, 1.82) is 0 Å². The Morgan fingerprint density at radius 2 is 2.15 bits per heavy atom. The fourth-order valence-corrected chi connectivity index (χ4v) is 1.17. The van der Waals surface area contributed by atoms with Crippen LogP contribution in [0.4, 0.5) is 4.39 Å². The van der Waals surface area contributed by atoms with Crippen molar-refractivity contribution in [3.05, 3.63) is 36.2 Å². The lowest BCUT2D eigenvalue weighted by atomic mass is 10.1. The maximum atomic E-state index is 11.8. The summed E-state index contributed by atoms with van der Waals surface area (Å²) in [5, 5.41) is 0. The third-order valence-corrected chi connectivity index (χ3v) is 1.84. The lowest BCUT2D eigenvalue weighted by molar-refractivity contribution is 0.411. The molecule has 0 aliphatic heterocycles. The topological polar surface area (TPSA) is 9.23 Å². The first-order chi connectivity index (χ1) is 6.38. The Balaban J connectivity index is 2.54. The third kappa shape index (κ3) is 3.05. The highest BCUT2D eigenvalue weighted by molar-refractivity contribution is 5.38. The molecule has 0 heterocycles. The molecule has 1 aromatic carbocycles. The van der Waals surface area contributed by atoms with Gasteiger partial charge in [0.1, 0.15) is 5.75 Å². The van der Waals surface area contributed by atoms with E-state index in [4.69, 9.17) is 4.74 Å². The molecule has 0 unspecified atom stereocenters. The number of alkyl halides is 1. The summed E-state index contributed by atoms with van der Waals surface area (Å²) >= 11 is 0. The van der Waals surface area contributed by atoms with Gasteiger partial charge in [-0.3, -0.25) is 4.39 Å². The second kappa shape index (κ2) is 5.57. The average molecular weight is 181 g/mol. The molecular formula is C11H14FO. The van der Waals surface area contributed by atoms with Crippen LogP contribution in [0.25, 0.3) is 0 Å². The van der Waals surface area contributed by atoms with Crippen molar-refractivity contribution >= 4 is 0 Å². The summed E-state index contributed by atoms with van der Waals surface area (Å²) in [4.78, 5) is 0. The van der Waals surface area contributed by atoms with Gasteiger partial charge in [-0.2, -0.15) is 0 Å². The van der Waals surface area contributed by atoms with E-state index in [0.717, 1.165) is 17.7 Å². The van der Waals surface area contributed by atoms with Crippen LogP contribution in [0.2, 0.25) is 0 Å². The minimum absolute atomic E-state index is 0.258. The Morgan fingerprint density at radius 3 is 2.85 bits per heavy atom. The van der Waals surface area contributed by atoms with Gasteiger partial charge in [0, 0.05) is 0 Å². The van der Waals surface area contributed by atoms with Crippen LogP contribution >= 0.6 is 0 Å². The number of para-hydroxylation sites is 1. The number of methoxy groups -OCH3 is 1. The minimum Gasteiger partial charge on any atom is -0.496 e. The molecule has 1 radical (unpaired) electrons. The van der Waals surface area contributed by atoms with E-state index in [1.807, 2.05) is 30.7 Å². The normalized spacial score (nSPS) is 10.0. The summed E-state index contributed by atoms with van der Waals surface area (Å²) in [6.45, 7) is -0.258. The summed E-state index contributed by atoms with van der Waals surface area (Å²) in [6.07, 6.45) is 3.34.